The van der Waals surface area contributed by atoms with Crippen LogP contribution in [0.1, 0.15) is 217 Å². The Morgan fingerprint density at radius 3 is 1.02 bits per heavy atom. The van der Waals surface area contributed by atoms with Crippen molar-refractivity contribution in [3.8, 4) is 23.0 Å². The van der Waals surface area contributed by atoms with E-state index in [1.165, 1.54) is 79.6 Å². The van der Waals surface area contributed by atoms with Crippen molar-refractivity contribution in [3.63, 3.8) is 0 Å². The number of rotatable bonds is 19. The third kappa shape index (κ3) is 31.8. The molecule has 0 saturated carbocycles. The van der Waals surface area contributed by atoms with Crippen LogP contribution in [0.2, 0.25) is 20.1 Å². The normalized spacial score (nSPS) is 15.3. The van der Waals surface area contributed by atoms with Crippen LogP contribution in [0.4, 0.5) is 0 Å². The average Bonchev–Trinajstić information content (AvgIpc) is 1.69. The van der Waals surface area contributed by atoms with Gasteiger partial charge in [0.25, 0.3) is 0 Å². The van der Waals surface area contributed by atoms with E-state index in [-0.39, 0.29) is 121 Å². The summed E-state index contributed by atoms with van der Waals surface area (Å²) in [5.74, 6) is 1.50. The predicted octanol–water partition coefficient (Wildman–Crippen LogP) is 17.0. The zero-order valence-electron chi connectivity index (χ0n) is 81.2. The van der Waals surface area contributed by atoms with Crippen LogP contribution >= 0.6 is 58.8 Å². The molecule has 139 heavy (non-hydrogen) atoms. The molecule has 8 aliphatic heterocycles. The van der Waals surface area contributed by atoms with Crippen molar-refractivity contribution in [2.24, 2.45) is 16.2 Å². The van der Waals surface area contributed by atoms with Crippen LogP contribution in [0.15, 0.2) is 168 Å². The molecule has 4 fully saturated rings. The van der Waals surface area contributed by atoms with Gasteiger partial charge in [0.1, 0.15) is 61.1 Å². The molecule has 24 nitrogen and oxygen atoms in total. The van der Waals surface area contributed by atoms with Gasteiger partial charge in [-0.1, -0.05) is 132 Å². The van der Waals surface area contributed by atoms with Crippen LogP contribution in [-0.4, -0.2) is 195 Å². The van der Waals surface area contributed by atoms with E-state index in [1.807, 2.05) is 111 Å². The fraction of sp³-hybridized carbons (Fsp3) is 0.431. The first-order chi connectivity index (χ1) is 64.8. The van der Waals surface area contributed by atoms with Gasteiger partial charge in [0.15, 0.2) is 0 Å². The number of carboxylic acid groups (broad SMARTS) is 1. The number of likely N-dealkylation sites (tertiary alicyclic amines) is 2. The fourth-order valence-electron chi connectivity index (χ4n) is 17.9. The number of aliphatic carboxylic acids is 1. The standard InChI is InChI=1S/C27H32ClNO4.C26H28ClNO5.C26H30ClNO4.C21H22ClNO2.C6H10O3.C2H6O.CH4.ClH.K.H2O/c1-27(2,26(31)32-3)17-29-11-8-19(9-12-29)25-22-6-5-21(28)15-20(22)16-33-24-7-4-18(10-13-30)14-23(24)25;1-3-25(30)33-28-11-8-19(9-12-28)26-22-6-5-21(27)15-20(22)16-32-24-7-4-18(14-23(24)26)10-13-31-17(2)29;1-26(2,25(30)31)16-28-10-7-18(8-11-28)24-21-5-4-20(27)14-19(21)15-32-23-6-3-17(9-12-29)13-22(23)24;22-17-2-3-18-16(12-17)13-25-20-4-1-14(7-10-24)11-19(20)21(18)15-5-8-23-9-6-15;1-6(2,4-7)5(8)9-3;1-2-3;;;;/h4-7,14-15,30H,8-13,16-17H2,1-3H3;4-7,14-15H,3,8-13,16H2,1-2H3;3-6,13-14,29H,7-12,15-16H2,1-2H3,(H,30,31);1-4,11-12,23-24H,5-10,13H2;4H,1-3H3;3H,2H2,1H3;1H4;1H;;1H2/q;;;;;;;;+1;/p-1. The van der Waals surface area contributed by atoms with Crippen LogP contribution in [0.3, 0.4) is 0 Å². The number of halogens is 5. The summed E-state index contributed by atoms with van der Waals surface area (Å²) >= 11 is 25.1. The van der Waals surface area contributed by atoms with Crippen LogP contribution in [0, 0.1) is 16.2 Å². The maximum atomic E-state index is 12.1. The molecule has 0 radical (unpaired) electrons. The van der Waals surface area contributed by atoms with E-state index in [4.69, 9.17) is 84.8 Å². The third-order valence-corrected chi connectivity index (χ3v) is 25.9. The monoisotopic (exact) mass is 2030 g/mol. The van der Waals surface area contributed by atoms with Crippen molar-refractivity contribution < 1.29 is 149 Å². The second kappa shape index (κ2) is 56.1. The number of aliphatic hydroxyl groups is 4. The van der Waals surface area contributed by atoms with Crippen LogP contribution in [0.5, 0.6) is 23.0 Å². The molecule has 0 aliphatic carbocycles. The molecule has 4 saturated heterocycles. The Morgan fingerprint density at radius 1 is 0.439 bits per heavy atom. The molecule has 8 heterocycles. The number of esters is 3. The number of carboxylic acids is 1. The van der Waals surface area contributed by atoms with E-state index in [0.717, 1.165) is 208 Å². The van der Waals surface area contributed by atoms with E-state index in [9.17, 15) is 49.2 Å². The van der Waals surface area contributed by atoms with Gasteiger partial charge in [0, 0.05) is 141 Å². The number of hydrogen-bond donors (Lipinski definition) is 6. The number of nitrogens with zero attached hydrogens (tertiary/aromatic N) is 3. The van der Waals surface area contributed by atoms with E-state index in [2.05, 4.69) is 68.4 Å². The van der Waals surface area contributed by atoms with Crippen molar-refractivity contribution in [2.45, 2.75) is 180 Å². The Hall–Kier alpha value is -8.33. The van der Waals surface area contributed by atoms with Gasteiger partial charge < -0.3 is 88.9 Å². The number of hydroxylamine groups is 2. The maximum Gasteiger partial charge on any atom is 1.00 e. The van der Waals surface area contributed by atoms with Gasteiger partial charge in [-0.3, -0.25) is 24.0 Å². The zero-order valence-corrected chi connectivity index (χ0v) is 88.2. The predicted molar refractivity (Wildman–Crippen MR) is 544 cm³/mol. The van der Waals surface area contributed by atoms with Gasteiger partial charge in [0.05, 0.1) is 31.7 Å². The number of fused-ring (bicyclic) bond motifs is 8. The summed E-state index contributed by atoms with van der Waals surface area (Å²) in [6.07, 6.45) is 10.7. The molecule has 16 rings (SSSR count). The third-order valence-electron chi connectivity index (χ3n) is 25.0. The molecule has 7 N–H and O–H groups in total. The van der Waals surface area contributed by atoms with Gasteiger partial charge in [-0.2, -0.15) is 0 Å². The Kier molecular flexibility index (Phi) is 47.4. The molecule has 8 aromatic rings. The van der Waals surface area contributed by atoms with Gasteiger partial charge in [-0.15, -0.1) is 17.5 Å². The quantitative estimate of drug-likeness (QED) is 0.0144. The molecule has 8 aromatic carbocycles. The first kappa shape index (κ1) is 118. The Morgan fingerprint density at radius 2 is 0.741 bits per heavy atom. The van der Waals surface area contributed by atoms with E-state index >= 15 is 0 Å². The molecule has 746 valence electrons. The minimum Gasteiger partial charge on any atom is -0.870 e. The Balaban J connectivity index is 0.000000241. The summed E-state index contributed by atoms with van der Waals surface area (Å²) in [5.41, 5.74) is 25.7. The minimum absolute atomic E-state index is 0. The fourth-order valence-corrected chi connectivity index (χ4v) is 18.7. The van der Waals surface area contributed by atoms with Crippen molar-refractivity contribution in [2.75, 3.05) is 113 Å². The summed E-state index contributed by atoms with van der Waals surface area (Å²) in [7, 11) is 2.71. The van der Waals surface area contributed by atoms with Crippen LogP contribution in [-0.2, 0) is 99.9 Å². The SMILES string of the molecule is C.CC(C)(CN1CCC(=C2c3ccc(Cl)cc3COc3ccc(CCO)cc32)CC1)C(=O)O.CCC(=O)ON1CCC(=C2c3ccc(Cl)cc3COc3ccc(CCOC(C)=O)cc32)CC1.CCO.COC(=O)C(C)(C)C=O.COC(=O)C(C)(C)CN1CCC(=C2c3ccc(Cl)cc3COc3ccc(CCO)cc32)CC1.Cl.OCCc1ccc2c(c1)C(=C1CCNCC1)c1ccc(Cl)cc1CO2.[K+].[OH-]. The molecule has 0 aromatic heterocycles. The second-order valence-electron chi connectivity index (χ2n) is 36.4. The van der Waals surface area contributed by atoms with Gasteiger partial charge in [-0.05, 0) is 318 Å². The number of piperidine rings is 4. The molecular formula is C109H134Cl5KN4O20. The zero-order chi connectivity index (χ0) is 97.3. The summed E-state index contributed by atoms with van der Waals surface area (Å²) in [6, 6.07) is 48.8. The first-order valence-electron chi connectivity index (χ1n) is 46.4. The molecule has 0 spiro atoms. The van der Waals surface area contributed by atoms with Crippen molar-refractivity contribution in [3.05, 3.63) is 277 Å². The Labute approximate surface area is 887 Å². The largest absolute Gasteiger partial charge is 1.00 e. The molecule has 0 atom stereocenters. The van der Waals surface area contributed by atoms with E-state index in [1.54, 1.807) is 32.8 Å². The number of nitrogens with one attached hydrogen (secondary N) is 1. The van der Waals surface area contributed by atoms with Crippen molar-refractivity contribution >= 4 is 117 Å². The summed E-state index contributed by atoms with van der Waals surface area (Å²) < 4.78 is 39.1. The number of ether oxygens (including phenoxy) is 7. The second-order valence-corrected chi connectivity index (χ2v) is 38.1. The molecule has 0 amide bonds. The summed E-state index contributed by atoms with van der Waals surface area (Å²) in [5, 5.41) is 53.3. The average molecular weight is 2040 g/mol. The Bertz CT molecular complexity index is 5680. The van der Waals surface area contributed by atoms with Gasteiger partial charge in [0.2, 0.25) is 0 Å². The van der Waals surface area contributed by atoms with Crippen molar-refractivity contribution in [1.29, 1.82) is 0 Å². The topological polar surface area (TPSA) is 329 Å². The number of hydrogen-bond acceptors (Lipinski definition) is 23. The molecule has 30 heteroatoms. The smallest absolute Gasteiger partial charge is 0.870 e. The minimum atomic E-state index is -0.991. The van der Waals surface area contributed by atoms with Gasteiger partial charge in [-0.25, -0.2) is 0 Å². The summed E-state index contributed by atoms with van der Waals surface area (Å²) in [6.45, 7) is 26.1. The molecular weight excluding hydrogens is 1900 g/mol. The van der Waals surface area contributed by atoms with Crippen molar-refractivity contribution in [1.82, 2.24) is 20.2 Å². The first-order valence-corrected chi connectivity index (χ1v) is 47.9. The summed E-state index contributed by atoms with van der Waals surface area (Å²) in [4.78, 5) is 77.3. The number of carbonyl (C=O) groups excluding carboxylic acids is 5. The number of benzene rings is 8. The van der Waals surface area contributed by atoms with Gasteiger partial charge >= 0.3 is 81.2 Å². The van der Waals surface area contributed by atoms with E-state index < -0.39 is 28.2 Å². The van der Waals surface area contributed by atoms with Crippen LogP contribution in [0.25, 0.3) is 22.3 Å². The maximum absolute atomic E-state index is 12.1. The number of carbonyl (C=O) groups is 6. The number of aliphatic hydroxyl groups excluding tert-OH is 4. The number of aldehydes is 1. The number of methoxy groups -OCH3 is 2. The van der Waals surface area contributed by atoms with Crippen LogP contribution < -0.4 is 75.6 Å². The molecule has 0 bridgehead atoms. The van der Waals surface area contributed by atoms with E-state index in [0.29, 0.717) is 113 Å². The molecule has 0 unspecified atom stereocenters. The molecule has 8 aliphatic rings.